The Hall–Kier alpha value is -2.27. The van der Waals surface area contributed by atoms with Crippen molar-refractivity contribution in [3.05, 3.63) is 60.2 Å². The van der Waals surface area contributed by atoms with E-state index in [-0.39, 0.29) is 11.3 Å². The second-order valence-corrected chi connectivity index (χ2v) is 9.27. The second kappa shape index (κ2) is 9.97. The molecule has 0 aromatic heterocycles. The average molecular weight is 411 g/mol. The highest BCUT2D eigenvalue weighted by molar-refractivity contribution is 8.13. The minimum absolute atomic E-state index is 0.124. The van der Waals surface area contributed by atoms with Crippen molar-refractivity contribution < 1.29 is 9.53 Å². The lowest BCUT2D eigenvalue weighted by Gasteiger charge is -2.27. The number of benzene rings is 2. The molecule has 0 atom stereocenters. The Morgan fingerprint density at radius 1 is 1.10 bits per heavy atom. The Bertz CT molecular complexity index is 826. The van der Waals surface area contributed by atoms with Crippen molar-refractivity contribution in [2.75, 3.05) is 18.9 Å². The first-order chi connectivity index (χ1) is 13.9. The highest BCUT2D eigenvalue weighted by atomic mass is 32.2. The molecular weight excluding hydrogens is 380 g/mol. The molecule has 1 saturated heterocycles. The summed E-state index contributed by atoms with van der Waals surface area (Å²) < 4.78 is 5.83. The number of carbonyl (C=O) groups is 1. The maximum Gasteiger partial charge on any atom is 0.228 e. The van der Waals surface area contributed by atoms with E-state index in [1.807, 2.05) is 47.4 Å². The van der Waals surface area contributed by atoms with Gasteiger partial charge in [0.2, 0.25) is 5.91 Å². The van der Waals surface area contributed by atoms with Crippen molar-refractivity contribution in [3.8, 4) is 5.75 Å². The standard InChI is InChI=1S/C24H30N2O2S/c1-24(2,3)19-12-14-21(15-13-19)28-17-7-11-22(27)26-16-8-18-29-23(26)25-20-9-5-4-6-10-20/h4-6,9-10,12-15H,7-8,11,16-18H2,1-3H3. The first-order valence-electron chi connectivity index (χ1n) is 10.2. The Morgan fingerprint density at radius 2 is 1.83 bits per heavy atom. The van der Waals surface area contributed by atoms with Gasteiger partial charge in [0.05, 0.1) is 12.3 Å². The topological polar surface area (TPSA) is 41.9 Å². The fraction of sp³-hybridized carbons (Fsp3) is 0.417. The van der Waals surface area contributed by atoms with Crippen LogP contribution in [0.25, 0.3) is 0 Å². The summed E-state index contributed by atoms with van der Waals surface area (Å²) in [4.78, 5) is 19.3. The monoisotopic (exact) mass is 410 g/mol. The molecule has 3 rings (SSSR count). The van der Waals surface area contributed by atoms with E-state index in [0.717, 1.165) is 35.3 Å². The van der Waals surface area contributed by atoms with Gasteiger partial charge in [-0.15, -0.1) is 0 Å². The van der Waals surface area contributed by atoms with E-state index in [1.165, 1.54) is 5.56 Å². The van der Waals surface area contributed by atoms with Gasteiger partial charge in [0.15, 0.2) is 5.17 Å². The van der Waals surface area contributed by atoms with E-state index in [9.17, 15) is 4.79 Å². The van der Waals surface area contributed by atoms with Crippen LogP contribution in [0.3, 0.4) is 0 Å². The van der Waals surface area contributed by atoms with Crippen LogP contribution < -0.4 is 4.74 Å². The van der Waals surface area contributed by atoms with Crippen molar-refractivity contribution in [1.82, 2.24) is 4.90 Å². The number of aliphatic imine (C=N–C) groups is 1. The lowest BCUT2D eigenvalue weighted by atomic mass is 9.87. The van der Waals surface area contributed by atoms with Crippen molar-refractivity contribution >= 4 is 28.5 Å². The van der Waals surface area contributed by atoms with Crippen LogP contribution in [0, 0.1) is 0 Å². The Balaban J connectivity index is 1.50. The smallest absolute Gasteiger partial charge is 0.228 e. The van der Waals surface area contributed by atoms with Crippen LogP contribution in [-0.2, 0) is 10.2 Å². The summed E-state index contributed by atoms with van der Waals surface area (Å²) in [5, 5.41) is 0.811. The molecule has 0 N–H and O–H groups in total. The predicted molar refractivity (Wildman–Crippen MR) is 122 cm³/mol. The second-order valence-electron chi connectivity index (χ2n) is 8.20. The average Bonchev–Trinajstić information content (AvgIpc) is 2.72. The van der Waals surface area contributed by atoms with Gasteiger partial charge in [0, 0.05) is 18.7 Å². The van der Waals surface area contributed by atoms with Gasteiger partial charge < -0.3 is 4.74 Å². The summed E-state index contributed by atoms with van der Waals surface area (Å²) in [6.45, 7) is 7.87. The summed E-state index contributed by atoms with van der Waals surface area (Å²) in [6.07, 6.45) is 2.16. The Kier molecular flexibility index (Phi) is 7.37. The van der Waals surface area contributed by atoms with Crippen LogP contribution in [0.1, 0.15) is 45.6 Å². The van der Waals surface area contributed by atoms with Crippen LogP contribution in [0.5, 0.6) is 5.75 Å². The first-order valence-corrected chi connectivity index (χ1v) is 11.2. The molecule has 2 aromatic rings. The van der Waals surface area contributed by atoms with E-state index >= 15 is 0 Å². The molecule has 2 aromatic carbocycles. The number of hydrogen-bond acceptors (Lipinski definition) is 4. The molecule has 0 unspecified atom stereocenters. The summed E-state index contributed by atoms with van der Waals surface area (Å²) in [7, 11) is 0. The summed E-state index contributed by atoms with van der Waals surface area (Å²) in [5.41, 5.74) is 2.31. The summed E-state index contributed by atoms with van der Waals surface area (Å²) in [6, 6.07) is 18.1. The third-order valence-corrected chi connectivity index (χ3v) is 5.86. The van der Waals surface area contributed by atoms with Crippen LogP contribution in [0.2, 0.25) is 0 Å². The quantitative estimate of drug-likeness (QED) is 0.566. The molecule has 154 valence electrons. The van der Waals surface area contributed by atoms with Crippen LogP contribution >= 0.6 is 11.8 Å². The molecule has 0 radical (unpaired) electrons. The number of rotatable bonds is 6. The van der Waals surface area contributed by atoms with Crippen molar-refractivity contribution in [1.29, 1.82) is 0 Å². The van der Waals surface area contributed by atoms with Crippen molar-refractivity contribution in [2.45, 2.75) is 45.4 Å². The van der Waals surface area contributed by atoms with Crippen LogP contribution in [-0.4, -0.2) is 34.9 Å². The number of thioether (sulfide) groups is 1. The van der Waals surface area contributed by atoms with Gasteiger partial charge in [-0.05, 0) is 48.1 Å². The van der Waals surface area contributed by atoms with E-state index < -0.39 is 0 Å². The highest BCUT2D eigenvalue weighted by Gasteiger charge is 2.23. The molecule has 0 aliphatic carbocycles. The zero-order valence-electron chi connectivity index (χ0n) is 17.6. The fourth-order valence-corrected chi connectivity index (χ4v) is 4.07. The lowest BCUT2D eigenvalue weighted by Crippen LogP contribution is -2.39. The molecule has 0 bridgehead atoms. The molecule has 1 aliphatic heterocycles. The molecule has 1 amide bonds. The minimum Gasteiger partial charge on any atom is -0.494 e. The van der Waals surface area contributed by atoms with Gasteiger partial charge in [-0.1, -0.05) is 62.9 Å². The number of carbonyl (C=O) groups excluding carboxylic acids is 1. The van der Waals surface area contributed by atoms with Crippen LogP contribution in [0.4, 0.5) is 5.69 Å². The van der Waals surface area contributed by atoms with Gasteiger partial charge in [0.25, 0.3) is 0 Å². The molecule has 1 heterocycles. The van der Waals surface area contributed by atoms with Crippen molar-refractivity contribution in [3.63, 3.8) is 0 Å². The molecule has 0 saturated carbocycles. The van der Waals surface area contributed by atoms with E-state index in [4.69, 9.17) is 4.74 Å². The van der Waals surface area contributed by atoms with E-state index in [1.54, 1.807) is 11.8 Å². The third-order valence-electron chi connectivity index (χ3n) is 4.79. The highest BCUT2D eigenvalue weighted by Crippen LogP contribution is 2.25. The Labute approximate surface area is 178 Å². The van der Waals surface area contributed by atoms with Gasteiger partial charge in [0.1, 0.15) is 5.75 Å². The maximum absolute atomic E-state index is 12.7. The molecule has 29 heavy (non-hydrogen) atoms. The van der Waals surface area contributed by atoms with Gasteiger partial charge in [-0.25, -0.2) is 4.99 Å². The SMILES string of the molecule is CC(C)(C)c1ccc(OCCCC(=O)N2CCCSC2=Nc2ccccc2)cc1. The minimum atomic E-state index is 0.124. The number of amides is 1. The normalized spacial score (nSPS) is 16.1. The number of para-hydroxylation sites is 1. The number of amidine groups is 1. The number of nitrogens with zero attached hydrogens (tertiary/aromatic N) is 2. The first kappa shape index (κ1) is 21.4. The van der Waals surface area contributed by atoms with E-state index in [2.05, 4.69) is 37.9 Å². The fourth-order valence-electron chi connectivity index (χ4n) is 3.10. The zero-order chi connectivity index (χ0) is 20.7. The molecular formula is C24H30N2O2S. The lowest BCUT2D eigenvalue weighted by molar-refractivity contribution is -0.127. The number of ether oxygens (including phenoxy) is 1. The zero-order valence-corrected chi connectivity index (χ0v) is 18.4. The Morgan fingerprint density at radius 3 is 2.52 bits per heavy atom. The van der Waals surface area contributed by atoms with Gasteiger partial charge in [-0.3, -0.25) is 9.69 Å². The van der Waals surface area contributed by atoms with Crippen molar-refractivity contribution in [2.24, 2.45) is 4.99 Å². The third kappa shape index (κ3) is 6.36. The molecule has 5 heteroatoms. The van der Waals surface area contributed by atoms with E-state index in [0.29, 0.717) is 19.4 Å². The summed E-state index contributed by atoms with van der Waals surface area (Å²) in [5.74, 6) is 1.98. The van der Waals surface area contributed by atoms with Crippen LogP contribution in [0.15, 0.2) is 59.6 Å². The number of hydrogen-bond donors (Lipinski definition) is 0. The predicted octanol–water partition coefficient (Wildman–Crippen LogP) is 5.80. The molecule has 1 fully saturated rings. The molecule has 1 aliphatic rings. The summed E-state index contributed by atoms with van der Waals surface area (Å²) >= 11 is 1.66. The maximum atomic E-state index is 12.7. The molecule has 0 spiro atoms. The van der Waals surface area contributed by atoms with Gasteiger partial charge in [-0.2, -0.15) is 0 Å². The molecule has 4 nitrogen and oxygen atoms in total. The largest absolute Gasteiger partial charge is 0.494 e. The van der Waals surface area contributed by atoms with Gasteiger partial charge >= 0.3 is 0 Å².